The largest absolute Gasteiger partial charge is 0.483 e. The number of halogens is 1. The van der Waals surface area contributed by atoms with Gasteiger partial charge in [0.25, 0.3) is 11.6 Å². The molecule has 2 aliphatic rings. The predicted octanol–water partition coefficient (Wildman–Crippen LogP) is 3.11. The van der Waals surface area contributed by atoms with Crippen molar-refractivity contribution in [3.63, 3.8) is 0 Å². The highest BCUT2D eigenvalue weighted by Gasteiger charge is 2.39. The van der Waals surface area contributed by atoms with Gasteiger partial charge >= 0.3 is 0 Å². The lowest BCUT2D eigenvalue weighted by molar-refractivity contribution is -0.00514. The molecule has 1 aromatic heterocycles. The Morgan fingerprint density at radius 3 is 2.88 bits per heavy atom. The summed E-state index contributed by atoms with van der Waals surface area (Å²) in [6.07, 6.45) is 4.95. The molecule has 126 valence electrons. The molecule has 0 spiro atoms. The summed E-state index contributed by atoms with van der Waals surface area (Å²) in [5.74, 6) is 0.836. The van der Waals surface area contributed by atoms with E-state index in [1.54, 1.807) is 6.20 Å². The Balaban J connectivity index is 1.57. The molecule has 1 aliphatic heterocycles. The van der Waals surface area contributed by atoms with Gasteiger partial charge in [-0.2, -0.15) is 4.98 Å². The summed E-state index contributed by atoms with van der Waals surface area (Å²) in [5, 5.41) is 0. The van der Waals surface area contributed by atoms with Crippen LogP contribution in [0.1, 0.15) is 31.4 Å². The van der Waals surface area contributed by atoms with Crippen LogP contribution < -0.4 is 15.0 Å². The molecular weight excluding hydrogens is 372 g/mol. The number of benzene rings is 1. The van der Waals surface area contributed by atoms with Crippen molar-refractivity contribution < 1.29 is 9.47 Å². The lowest BCUT2D eigenvalue weighted by Gasteiger charge is -2.31. The molecule has 4 rings (SSSR count). The summed E-state index contributed by atoms with van der Waals surface area (Å²) in [6.45, 7) is 4.61. The van der Waals surface area contributed by atoms with Crippen molar-refractivity contribution in [2.75, 3.05) is 0 Å². The van der Waals surface area contributed by atoms with E-state index in [0.717, 1.165) is 23.1 Å². The molecule has 1 aliphatic carbocycles. The van der Waals surface area contributed by atoms with E-state index in [1.165, 1.54) is 23.6 Å². The van der Waals surface area contributed by atoms with Crippen LogP contribution in [0, 0.1) is 0 Å². The van der Waals surface area contributed by atoms with Gasteiger partial charge in [0.2, 0.25) is 0 Å². The van der Waals surface area contributed by atoms with Gasteiger partial charge in [-0.1, -0.05) is 0 Å². The number of hydrogen-bond acceptors (Lipinski definition) is 4. The quantitative estimate of drug-likeness (QED) is 0.807. The van der Waals surface area contributed by atoms with Crippen LogP contribution in [-0.4, -0.2) is 21.3 Å². The van der Waals surface area contributed by atoms with E-state index < -0.39 is 5.60 Å². The first kappa shape index (κ1) is 15.7. The van der Waals surface area contributed by atoms with Gasteiger partial charge in [-0.15, -0.1) is 0 Å². The van der Waals surface area contributed by atoms with Crippen molar-refractivity contribution in [1.82, 2.24) is 9.55 Å². The summed E-state index contributed by atoms with van der Waals surface area (Å²) in [7, 11) is 0. The van der Waals surface area contributed by atoms with E-state index in [0.29, 0.717) is 12.6 Å². The predicted molar refractivity (Wildman–Crippen MR) is 93.8 cm³/mol. The minimum Gasteiger partial charge on any atom is -0.483 e. The summed E-state index contributed by atoms with van der Waals surface area (Å²) in [5.41, 5.74) is 1.92. The number of fused-ring (bicyclic) bond motifs is 2. The molecule has 0 amide bonds. The Morgan fingerprint density at radius 2 is 2.08 bits per heavy atom. The zero-order valence-electron chi connectivity index (χ0n) is 13.7. The second-order valence-corrected chi connectivity index (χ2v) is 7.77. The third kappa shape index (κ3) is 2.73. The third-order valence-corrected chi connectivity index (χ3v) is 5.37. The van der Waals surface area contributed by atoms with E-state index in [9.17, 15) is 4.79 Å². The number of ether oxygens (including phenoxy) is 2. The van der Waals surface area contributed by atoms with Crippen molar-refractivity contribution in [2.45, 2.75) is 51.4 Å². The van der Waals surface area contributed by atoms with E-state index in [-0.39, 0.29) is 11.7 Å². The molecule has 24 heavy (non-hydrogen) atoms. The van der Waals surface area contributed by atoms with E-state index in [2.05, 4.69) is 33.0 Å². The number of aromatic nitrogens is 2. The van der Waals surface area contributed by atoms with Crippen LogP contribution in [0.4, 0.5) is 0 Å². The summed E-state index contributed by atoms with van der Waals surface area (Å²) >= 11 is 3.62. The second kappa shape index (κ2) is 5.62. The molecule has 1 unspecified atom stereocenters. The Hall–Kier alpha value is -1.82. The second-order valence-electron chi connectivity index (χ2n) is 6.92. The highest BCUT2D eigenvalue weighted by atomic mass is 79.9. The molecule has 0 saturated carbocycles. The molecule has 1 atom stereocenters. The zero-order valence-corrected chi connectivity index (χ0v) is 15.3. The van der Waals surface area contributed by atoms with Gasteiger partial charge in [0.15, 0.2) is 6.10 Å². The Labute approximate surface area is 148 Å². The standard InChI is InChI=1S/C18H19BrN2O3/c1-18(2,15-10-21-7-6-16(22)20-17(21)23-15)24-14-9-12-5-3-4-11(12)8-13(14)19/h6-9,15H,3-5,10H2,1-2H3. The smallest absolute Gasteiger partial charge is 0.300 e. The van der Waals surface area contributed by atoms with Gasteiger partial charge < -0.3 is 9.47 Å². The molecule has 6 heteroatoms. The Bertz CT molecular complexity index is 860. The number of aryl methyl sites for hydroxylation is 2. The van der Waals surface area contributed by atoms with Gasteiger partial charge in [-0.05, 0) is 72.3 Å². The number of nitrogens with zero attached hydrogens (tertiary/aromatic N) is 2. The maximum absolute atomic E-state index is 11.4. The number of hydrogen-bond donors (Lipinski definition) is 0. The highest BCUT2D eigenvalue weighted by Crippen LogP contribution is 2.37. The first-order valence-corrected chi connectivity index (χ1v) is 8.96. The van der Waals surface area contributed by atoms with Crippen molar-refractivity contribution in [2.24, 2.45) is 0 Å². The Kier molecular flexibility index (Phi) is 3.67. The van der Waals surface area contributed by atoms with Crippen molar-refractivity contribution in [3.8, 4) is 11.8 Å². The van der Waals surface area contributed by atoms with Gasteiger partial charge in [-0.3, -0.25) is 9.36 Å². The average molecular weight is 391 g/mol. The van der Waals surface area contributed by atoms with Gasteiger partial charge in [0, 0.05) is 12.3 Å². The summed E-state index contributed by atoms with van der Waals surface area (Å²) in [6, 6.07) is 6.10. The van der Waals surface area contributed by atoms with E-state index in [1.807, 2.05) is 18.4 Å². The summed E-state index contributed by atoms with van der Waals surface area (Å²) < 4.78 is 15.0. The molecule has 0 saturated heterocycles. The van der Waals surface area contributed by atoms with Crippen LogP contribution in [0.5, 0.6) is 11.8 Å². The highest BCUT2D eigenvalue weighted by molar-refractivity contribution is 9.10. The van der Waals surface area contributed by atoms with E-state index >= 15 is 0 Å². The molecule has 1 aromatic carbocycles. The van der Waals surface area contributed by atoms with Crippen LogP contribution in [0.2, 0.25) is 0 Å². The lowest BCUT2D eigenvalue weighted by atomic mass is 10.0. The average Bonchev–Trinajstić information content (AvgIpc) is 3.13. The van der Waals surface area contributed by atoms with Crippen LogP contribution in [-0.2, 0) is 19.4 Å². The fourth-order valence-corrected chi connectivity index (χ4v) is 3.82. The SMILES string of the molecule is CC(C)(Oc1cc2c(cc1Br)CCC2)C1Cn2ccc(=O)nc2O1. The summed E-state index contributed by atoms with van der Waals surface area (Å²) in [4.78, 5) is 15.3. The first-order valence-electron chi connectivity index (χ1n) is 8.17. The normalized spacial score (nSPS) is 18.9. The molecule has 5 nitrogen and oxygen atoms in total. The number of rotatable bonds is 3. The third-order valence-electron chi connectivity index (χ3n) is 4.75. The minimum absolute atomic E-state index is 0.216. The van der Waals surface area contributed by atoms with Crippen LogP contribution >= 0.6 is 15.9 Å². The van der Waals surface area contributed by atoms with Gasteiger partial charge in [0.05, 0.1) is 11.0 Å². The molecule has 0 radical (unpaired) electrons. The lowest BCUT2D eigenvalue weighted by Crippen LogP contribution is -2.45. The van der Waals surface area contributed by atoms with Crippen LogP contribution in [0.15, 0.2) is 33.7 Å². The van der Waals surface area contributed by atoms with Gasteiger partial charge in [0.1, 0.15) is 11.4 Å². The van der Waals surface area contributed by atoms with E-state index in [4.69, 9.17) is 9.47 Å². The van der Waals surface area contributed by atoms with Crippen molar-refractivity contribution >= 4 is 15.9 Å². The fourth-order valence-electron chi connectivity index (χ4n) is 3.35. The topological polar surface area (TPSA) is 53.4 Å². The molecule has 0 N–H and O–H groups in total. The minimum atomic E-state index is -0.563. The van der Waals surface area contributed by atoms with Crippen LogP contribution in [0.3, 0.4) is 0 Å². The van der Waals surface area contributed by atoms with Crippen molar-refractivity contribution in [1.29, 1.82) is 0 Å². The maximum atomic E-state index is 11.4. The van der Waals surface area contributed by atoms with Crippen LogP contribution in [0.25, 0.3) is 0 Å². The molecule has 0 fully saturated rings. The molecule has 2 heterocycles. The monoisotopic (exact) mass is 390 g/mol. The molecule has 2 aromatic rings. The Morgan fingerprint density at radius 1 is 1.33 bits per heavy atom. The van der Waals surface area contributed by atoms with Crippen molar-refractivity contribution in [3.05, 3.63) is 50.3 Å². The molecule has 0 bridgehead atoms. The fraction of sp³-hybridized carbons (Fsp3) is 0.444. The zero-order chi connectivity index (χ0) is 16.9. The molecular formula is C18H19BrN2O3. The van der Waals surface area contributed by atoms with Gasteiger partial charge in [-0.25, -0.2) is 0 Å². The maximum Gasteiger partial charge on any atom is 0.300 e. The first-order chi connectivity index (χ1) is 11.4.